The largest absolute Gasteiger partial charge is 0.415 e. The Morgan fingerprint density at radius 3 is 2.40 bits per heavy atom. The van der Waals surface area contributed by atoms with Gasteiger partial charge in [0.15, 0.2) is 0 Å². The summed E-state index contributed by atoms with van der Waals surface area (Å²) in [6.45, 7) is 0.793. The van der Waals surface area contributed by atoms with Gasteiger partial charge in [-0.25, -0.2) is 17.2 Å². The van der Waals surface area contributed by atoms with E-state index in [1.165, 1.54) is 23.1 Å². The smallest absolute Gasteiger partial charge is 0.314 e. The molecule has 0 spiro atoms. The molecular formula is C26H26ClF4N5O5S. The van der Waals surface area contributed by atoms with E-state index in [1.54, 1.807) is 0 Å². The maximum absolute atomic E-state index is 15.3. The molecule has 1 aromatic heterocycles. The summed E-state index contributed by atoms with van der Waals surface area (Å²) in [6, 6.07) is 7.08. The van der Waals surface area contributed by atoms with E-state index in [-0.39, 0.29) is 52.5 Å². The summed E-state index contributed by atoms with van der Waals surface area (Å²) in [5.74, 6) is -3.20. The molecule has 10 nitrogen and oxygen atoms in total. The third-order valence-electron chi connectivity index (χ3n) is 7.50. The molecule has 226 valence electrons. The number of anilines is 1. The minimum absolute atomic E-state index is 0.0255. The standard InChI is InChI=1S/C26H26ClF4N5O5S/c27-20-10-17(3-4-21(20)28)36(11-16-2-1-15(9-22(16)29)25-32-33-26(41-25)24(30)31)42(39,40)19-5-7-34(8-6-19)18-12-35(13-18)23(38)14-37/h1-4,9-10,18-19,24,37H,5-8,11-14H2. The van der Waals surface area contributed by atoms with Crippen molar-refractivity contribution in [2.75, 3.05) is 37.1 Å². The van der Waals surface area contributed by atoms with Gasteiger partial charge < -0.3 is 14.4 Å². The van der Waals surface area contributed by atoms with E-state index in [0.717, 1.165) is 22.5 Å². The zero-order chi connectivity index (χ0) is 30.2. The van der Waals surface area contributed by atoms with E-state index in [2.05, 4.69) is 15.1 Å². The summed E-state index contributed by atoms with van der Waals surface area (Å²) in [7, 11) is -4.12. The Labute approximate surface area is 243 Å². The highest BCUT2D eigenvalue weighted by molar-refractivity contribution is 7.93. The Bertz CT molecular complexity index is 1560. The second-order valence-corrected chi connectivity index (χ2v) is 12.6. The van der Waals surface area contributed by atoms with Gasteiger partial charge in [0.2, 0.25) is 21.8 Å². The van der Waals surface area contributed by atoms with Crippen LogP contribution in [0.3, 0.4) is 0 Å². The number of benzene rings is 2. The topological polar surface area (TPSA) is 120 Å². The Morgan fingerprint density at radius 2 is 1.81 bits per heavy atom. The van der Waals surface area contributed by atoms with Crippen molar-refractivity contribution in [3.05, 3.63) is 64.5 Å². The number of amides is 1. The predicted octanol–water partition coefficient (Wildman–Crippen LogP) is 3.61. The van der Waals surface area contributed by atoms with Gasteiger partial charge in [-0.15, -0.1) is 10.2 Å². The predicted molar refractivity (Wildman–Crippen MR) is 143 cm³/mol. The molecular weight excluding hydrogens is 606 g/mol. The van der Waals surface area contributed by atoms with E-state index in [0.29, 0.717) is 26.2 Å². The summed E-state index contributed by atoms with van der Waals surface area (Å²) in [4.78, 5) is 15.3. The number of carbonyl (C=O) groups excluding carboxylic acids is 1. The molecule has 2 saturated heterocycles. The molecule has 2 fully saturated rings. The molecule has 42 heavy (non-hydrogen) atoms. The average molecular weight is 632 g/mol. The van der Waals surface area contributed by atoms with Crippen LogP contribution in [0.4, 0.5) is 23.2 Å². The molecule has 0 unspecified atom stereocenters. The summed E-state index contributed by atoms with van der Waals surface area (Å²) in [5.41, 5.74) is 0.0253. The lowest BCUT2D eigenvalue weighted by Gasteiger charge is -2.47. The maximum Gasteiger partial charge on any atom is 0.314 e. The minimum atomic E-state index is -4.12. The van der Waals surface area contributed by atoms with Gasteiger partial charge >= 0.3 is 6.43 Å². The molecule has 0 bridgehead atoms. The summed E-state index contributed by atoms with van der Waals surface area (Å²) < 4.78 is 88.6. The van der Waals surface area contributed by atoms with Gasteiger partial charge in [-0.2, -0.15) is 8.78 Å². The van der Waals surface area contributed by atoms with Crippen molar-refractivity contribution < 1.29 is 40.3 Å². The van der Waals surface area contributed by atoms with Crippen LogP contribution in [0.1, 0.15) is 30.7 Å². The zero-order valence-corrected chi connectivity index (χ0v) is 23.5. The molecule has 16 heteroatoms. The van der Waals surface area contributed by atoms with Crippen molar-refractivity contribution in [1.82, 2.24) is 20.0 Å². The minimum Gasteiger partial charge on any atom is -0.415 e. The van der Waals surface area contributed by atoms with E-state index < -0.39 is 52.4 Å². The number of hydrogen-bond acceptors (Lipinski definition) is 8. The highest BCUT2D eigenvalue weighted by Crippen LogP contribution is 2.33. The average Bonchev–Trinajstić information content (AvgIpc) is 3.44. The number of hydrogen-bond donors (Lipinski definition) is 1. The SMILES string of the molecule is O=C(CO)N1CC(N2CCC(S(=O)(=O)N(Cc3ccc(-c4nnc(C(F)F)o4)cc3F)c3ccc(F)c(Cl)c3)CC2)C1. The molecule has 0 radical (unpaired) electrons. The van der Waals surface area contributed by atoms with Crippen LogP contribution in [0.5, 0.6) is 0 Å². The van der Waals surface area contributed by atoms with Crippen molar-refractivity contribution in [2.24, 2.45) is 0 Å². The quantitative estimate of drug-likeness (QED) is 0.356. The van der Waals surface area contributed by atoms with Crippen LogP contribution in [-0.2, 0) is 21.4 Å². The van der Waals surface area contributed by atoms with Gasteiger partial charge in [-0.3, -0.25) is 14.0 Å². The van der Waals surface area contributed by atoms with Crippen molar-refractivity contribution in [1.29, 1.82) is 0 Å². The number of piperidine rings is 1. The summed E-state index contributed by atoms with van der Waals surface area (Å²) in [6.07, 6.45) is -2.46. The van der Waals surface area contributed by atoms with Crippen molar-refractivity contribution >= 4 is 33.2 Å². The van der Waals surface area contributed by atoms with E-state index >= 15 is 4.39 Å². The second-order valence-electron chi connectivity index (χ2n) is 10.0. The maximum atomic E-state index is 15.3. The molecule has 3 aromatic rings. The molecule has 1 N–H and O–H groups in total. The Hall–Kier alpha value is -3.27. The lowest BCUT2D eigenvalue weighted by Crippen LogP contribution is -2.63. The number of aliphatic hydroxyl groups excluding tert-OH is 1. The fourth-order valence-corrected chi connectivity index (χ4v) is 7.15. The van der Waals surface area contributed by atoms with E-state index in [9.17, 15) is 26.4 Å². The summed E-state index contributed by atoms with van der Waals surface area (Å²) >= 11 is 5.96. The highest BCUT2D eigenvalue weighted by Gasteiger charge is 2.40. The third-order valence-corrected chi connectivity index (χ3v) is 10.1. The summed E-state index contributed by atoms with van der Waals surface area (Å²) in [5, 5.41) is 14.6. The van der Waals surface area contributed by atoms with E-state index in [4.69, 9.17) is 21.1 Å². The second kappa shape index (κ2) is 12.1. The van der Waals surface area contributed by atoms with Gasteiger partial charge in [0.05, 0.1) is 22.5 Å². The van der Waals surface area contributed by atoms with Crippen LogP contribution in [0.25, 0.3) is 11.5 Å². The number of nitrogens with zero attached hydrogens (tertiary/aromatic N) is 5. The zero-order valence-electron chi connectivity index (χ0n) is 22.0. The lowest BCUT2D eigenvalue weighted by atomic mass is 10.0. The Kier molecular flexibility index (Phi) is 8.73. The molecule has 0 aliphatic carbocycles. The number of aliphatic hydroxyl groups is 1. The first-order valence-corrected chi connectivity index (χ1v) is 14.9. The van der Waals surface area contributed by atoms with Gasteiger partial charge in [0.25, 0.3) is 5.89 Å². The molecule has 3 heterocycles. The fourth-order valence-electron chi connectivity index (χ4n) is 5.08. The van der Waals surface area contributed by atoms with E-state index in [1.807, 2.05) is 0 Å². The highest BCUT2D eigenvalue weighted by atomic mass is 35.5. The lowest BCUT2D eigenvalue weighted by molar-refractivity contribution is -0.141. The van der Waals surface area contributed by atoms with Gasteiger partial charge in [0, 0.05) is 30.3 Å². The first-order valence-electron chi connectivity index (χ1n) is 13.0. The third kappa shape index (κ3) is 6.09. The number of halogens is 5. The first-order chi connectivity index (χ1) is 20.0. The number of aromatic nitrogens is 2. The van der Waals surface area contributed by atoms with Crippen LogP contribution in [0.15, 0.2) is 40.8 Å². The van der Waals surface area contributed by atoms with Gasteiger partial charge in [-0.1, -0.05) is 17.7 Å². The number of carbonyl (C=O) groups is 1. The normalized spacial score (nSPS) is 17.1. The van der Waals surface area contributed by atoms with Crippen molar-refractivity contribution in [3.8, 4) is 11.5 Å². The molecule has 1 amide bonds. The molecule has 2 aliphatic heterocycles. The van der Waals surface area contributed by atoms with Crippen LogP contribution >= 0.6 is 11.6 Å². The molecule has 2 aliphatic rings. The number of sulfonamides is 1. The van der Waals surface area contributed by atoms with Crippen LogP contribution in [0, 0.1) is 11.6 Å². The molecule has 0 saturated carbocycles. The van der Waals surface area contributed by atoms with Crippen molar-refractivity contribution in [2.45, 2.75) is 37.1 Å². The van der Waals surface area contributed by atoms with Gasteiger partial charge in [0.1, 0.15) is 18.2 Å². The number of alkyl halides is 2. The number of likely N-dealkylation sites (tertiary alicyclic amines) is 2. The van der Waals surface area contributed by atoms with Gasteiger partial charge in [-0.05, 0) is 56.3 Å². The number of rotatable bonds is 9. The van der Waals surface area contributed by atoms with Crippen LogP contribution in [-0.4, -0.2) is 83.5 Å². The van der Waals surface area contributed by atoms with Crippen molar-refractivity contribution in [3.63, 3.8) is 0 Å². The fraction of sp³-hybridized carbons (Fsp3) is 0.423. The first kappa shape index (κ1) is 30.2. The van der Waals surface area contributed by atoms with Crippen LogP contribution < -0.4 is 4.31 Å². The Balaban J connectivity index is 1.36. The molecule has 5 rings (SSSR count). The van der Waals surface area contributed by atoms with Crippen LogP contribution in [0.2, 0.25) is 5.02 Å². The monoisotopic (exact) mass is 631 g/mol. The molecule has 2 aromatic carbocycles. The Morgan fingerprint density at radius 1 is 1.10 bits per heavy atom. The molecule has 0 atom stereocenters.